The van der Waals surface area contributed by atoms with Crippen molar-refractivity contribution in [2.75, 3.05) is 19.6 Å². The predicted molar refractivity (Wildman–Crippen MR) is 75.6 cm³/mol. The van der Waals surface area contributed by atoms with Crippen molar-refractivity contribution in [1.82, 2.24) is 10.6 Å². The van der Waals surface area contributed by atoms with Gasteiger partial charge in [-0.3, -0.25) is 0 Å². The Morgan fingerprint density at radius 3 is 3.00 bits per heavy atom. The molecule has 0 aliphatic carbocycles. The molecule has 2 rings (SSSR count). The first-order valence-corrected chi connectivity index (χ1v) is 7.69. The summed E-state index contributed by atoms with van der Waals surface area (Å²) in [5.41, 5.74) is 0. The largest absolute Gasteiger partial charge is 0.316 e. The van der Waals surface area contributed by atoms with Gasteiger partial charge in [0.05, 0.1) is 0 Å². The first kappa shape index (κ1) is 13.1. The Morgan fingerprint density at radius 2 is 2.29 bits per heavy atom. The fourth-order valence-electron chi connectivity index (χ4n) is 2.40. The zero-order valence-corrected chi connectivity index (χ0v) is 11.6. The van der Waals surface area contributed by atoms with Gasteiger partial charge < -0.3 is 10.6 Å². The summed E-state index contributed by atoms with van der Waals surface area (Å²) in [6, 6.07) is 4.52. The van der Waals surface area contributed by atoms with E-state index in [1.807, 2.05) is 11.3 Å². The highest BCUT2D eigenvalue weighted by Gasteiger charge is 2.13. The molecule has 0 bridgehead atoms. The highest BCUT2D eigenvalue weighted by atomic mass is 32.1. The molecule has 1 aromatic rings. The maximum atomic E-state index is 3.55. The Balaban J connectivity index is 1.53. The third-order valence-corrected chi connectivity index (χ3v) is 4.72. The van der Waals surface area contributed by atoms with Crippen molar-refractivity contribution in [3.8, 4) is 0 Å². The third-order valence-electron chi connectivity index (χ3n) is 3.49. The summed E-state index contributed by atoms with van der Waals surface area (Å²) in [5, 5.41) is 6.98. The van der Waals surface area contributed by atoms with E-state index in [0.29, 0.717) is 0 Å². The van der Waals surface area contributed by atoms with Crippen molar-refractivity contribution in [1.29, 1.82) is 0 Å². The normalized spacial score (nSPS) is 19.9. The van der Waals surface area contributed by atoms with Crippen LogP contribution in [0.15, 0.2) is 12.1 Å². The maximum absolute atomic E-state index is 3.55. The molecule has 2 N–H and O–H groups in total. The molecule has 1 fully saturated rings. The summed E-state index contributed by atoms with van der Waals surface area (Å²) >= 11 is 1.94. The van der Waals surface area contributed by atoms with Gasteiger partial charge in [-0.1, -0.05) is 6.92 Å². The first-order chi connectivity index (χ1) is 8.38. The van der Waals surface area contributed by atoms with Gasteiger partial charge in [0.15, 0.2) is 0 Å². The number of nitrogens with one attached hydrogen (secondary N) is 2. The SMILES string of the molecule is CCc1ccc(CNCCCC2CCNC2)s1. The monoisotopic (exact) mass is 252 g/mol. The fourth-order valence-corrected chi connectivity index (χ4v) is 3.32. The molecular formula is C14H24N2S. The van der Waals surface area contributed by atoms with Gasteiger partial charge in [0.2, 0.25) is 0 Å². The molecule has 96 valence electrons. The van der Waals surface area contributed by atoms with Crippen molar-refractivity contribution in [3.63, 3.8) is 0 Å². The lowest BCUT2D eigenvalue weighted by atomic mass is 10.0. The van der Waals surface area contributed by atoms with Crippen LogP contribution in [0.25, 0.3) is 0 Å². The Morgan fingerprint density at radius 1 is 1.41 bits per heavy atom. The summed E-state index contributed by atoms with van der Waals surface area (Å²) in [5.74, 6) is 0.935. The van der Waals surface area contributed by atoms with Crippen LogP contribution < -0.4 is 10.6 Å². The van der Waals surface area contributed by atoms with Gasteiger partial charge >= 0.3 is 0 Å². The minimum Gasteiger partial charge on any atom is -0.316 e. The van der Waals surface area contributed by atoms with E-state index in [2.05, 4.69) is 29.7 Å². The maximum Gasteiger partial charge on any atom is 0.0299 e. The molecule has 2 nitrogen and oxygen atoms in total. The Kier molecular flexibility index (Phi) is 5.49. The van der Waals surface area contributed by atoms with Crippen LogP contribution in [0.3, 0.4) is 0 Å². The van der Waals surface area contributed by atoms with Crippen LogP contribution in [0.1, 0.15) is 35.9 Å². The van der Waals surface area contributed by atoms with Crippen molar-refractivity contribution in [2.45, 2.75) is 39.2 Å². The second kappa shape index (κ2) is 7.14. The van der Waals surface area contributed by atoms with E-state index in [0.717, 1.165) is 19.0 Å². The molecule has 0 aromatic carbocycles. The topological polar surface area (TPSA) is 24.1 Å². The molecule has 1 saturated heterocycles. The van der Waals surface area contributed by atoms with Gasteiger partial charge in [0, 0.05) is 16.3 Å². The van der Waals surface area contributed by atoms with Crippen LogP contribution in [0.5, 0.6) is 0 Å². The smallest absolute Gasteiger partial charge is 0.0299 e. The number of rotatable bonds is 7. The van der Waals surface area contributed by atoms with Crippen LogP contribution in [-0.4, -0.2) is 19.6 Å². The van der Waals surface area contributed by atoms with E-state index in [1.54, 1.807) is 0 Å². The van der Waals surface area contributed by atoms with Crippen molar-refractivity contribution in [3.05, 3.63) is 21.9 Å². The van der Waals surface area contributed by atoms with Crippen LogP contribution in [0.4, 0.5) is 0 Å². The van der Waals surface area contributed by atoms with Gasteiger partial charge in [-0.2, -0.15) is 0 Å². The minimum absolute atomic E-state index is 0.935. The number of hydrogen-bond donors (Lipinski definition) is 2. The molecule has 0 spiro atoms. The molecule has 0 amide bonds. The van der Waals surface area contributed by atoms with E-state index in [-0.39, 0.29) is 0 Å². The summed E-state index contributed by atoms with van der Waals surface area (Å²) in [6.45, 7) is 6.90. The standard InChI is InChI=1S/C14H24N2S/c1-2-13-5-6-14(17-13)11-15-8-3-4-12-7-9-16-10-12/h5-6,12,15-16H,2-4,7-11H2,1H3. The van der Waals surface area contributed by atoms with Crippen molar-refractivity contribution < 1.29 is 0 Å². The Bertz CT molecular complexity index is 316. The second-order valence-corrected chi connectivity index (χ2v) is 6.15. The molecule has 2 heterocycles. The molecule has 0 radical (unpaired) electrons. The summed E-state index contributed by atoms with van der Waals surface area (Å²) < 4.78 is 0. The van der Waals surface area contributed by atoms with E-state index in [4.69, 9.17) is 0 Å². The summed E-state index contributed by atoms with van der Waals surface area (Å²) in [4.78, 5) is 2.98. The quantitative estimate of drug-likeness (QED) is 0.729. The molecule has 1 aliphatic heterocycles. The first-order valence-electron chi connectivity index (χ1n) is 6.87. The van der Waals surface area contributed by atoms with Crippen LogP contribution in [0, 0.1) is 5.92 Å². The van der Waals surface area contributed by atoms with E-state index in [1.165, 1.54) is 48.5 Å². The van der Waals surface area contributed by atoms with E-state index in [9.17, 15) is 0 Å². The average Bonchev–Trinajstić information content (AvgIpc) is 2.99. The molecule has 1 unspecified atom stereocenters. The lowest BCUT2D eigenvalue weighted by molar-refractivity contribution is 0.493. The van der Waals surface area contributed by atoms with Crippen LogP contribution in [-0.2, 0) is 13.0 Å². The van der Waals surface area contributed by atoms with Gasteiger partial charge in [0.1, 0.15) is 0 Å². The zero-order chi connectivity index (χ0) is 11.9. The van der Waals surface area contributed by atoms with E-state index < -0.39 is 0 Å². The number of aryl methyl sites for hydroxylation is 1. The molecule has 1 atom stereocenters. The lowest BCUT2D eigenvalue weighted by Gasteiger charge is -2.08. The van der Waals surface area contributed by atoms with Gasteiger partial charge in [-0.05, 0) is 63.4 Å². The molecule has 0 saturated carbocycles. The second-order valence-electron chi connectivity index (χ2n) is 4.90. The Hall–Kier alpha value is -0.380. The summed E-state index contributed by atoms with van der Waals surface area (Å²) in [7, 11) is 0. The minimum atomic E-state index is 0.935. The number of hydrogen-bond acceptors (Lipinski definition) is 3. The van der Waals surface area contributed by atoms with Gasteiger partial charge in [0.25, 0.3) is 0 Å². The van der Waals surface area contributed by atoms with Crippen LogP contribution in [0.2, 0.25) is 0 Å². The molecule has 1 aromatic heterocycles. The van der Waals surface area contributed by atoms with Crippen molar-refractivity contribution in [2.24, 2.45) is 5.92 Å². The fraction of sp³-hybridized carbons (Fsp3) is 0.714. The molecule has 17 heavy (non-hydrogen) atoms. The van der Waals surface area contributed by atoms with Gasteiger partial charge in [-0.25, -0.2) is 0 Å². The van der Waals surface area contributed by atoms with Gasteiger partial charge in [-0.15, -0.1) is 11.3 Å². The lowest BCUT2D eigenvalue weighted by Crippen LogP contribution is -2.16. The number of thiophene rings is 1. The highest BCUT2D eigenvalue weighted by Crippen LogP contribution is 2.17. The summed E-state index contributed by atoms with van der Waals surface area (Å²) in [6.07, 6.45) is 5.24. The molecule has 3 heteroatoms. The Labute approximate surface area is 109 Å². The van der Waals surface area contributed by atoms with Crippen molar-refractivity contribution >= 4 is 11.3 Å². The van der Waals surface area contributed by atoms with Crippen LogP contribution >= 0.6 is 11.3 Å². The average molecular weight is 252 g/mol. The molecular weight excluding hydrogens is 228 g/mol. The zero-order valence-electron chi connectivity index (χ0n) is 10.8. The highest BCUT2D eigenvalue weighted by molar-refractivity contribution is 7.11. The molecule has 1 aliphatic rings. The third kappa shape index (κ3) is 4.41. The van der Waals surface area contributed by atoms with E-state index >= 15 is 0 Å². The predicted octanol–water partition coefficient (Wildman–Crippen LogP) is 2.79.